The molecule has 29 heavy (non-hydrogen) atoms. The van der Waals surface area contributed by atoms with Crippen molar-refractivity contribution in [3.05, 3.63) is 29.8 Å². The van der Waals surface area contributed by atoms with Crippen LogP contribution in [-0.2, 0) is 25.8 Å². The molecule has 0 saturated carbocycles. The number of thioether (sulfide) groups is 1. The molecule has 2 atom stereocenters. The number of amides is 1. The molecule has 1 amide bonds. The fourth-order valence-electron chi connectivity index (χ4n) is 3.49. The minimum absolute atomic E-state index is 0.0658. The van der Waals surface area contributed by atoms with Crippen LogP contribution in [0.5, 0.6) is 5.75 Å². The monoisotopic (exact) mass is 440 g/mol. The molecule has 3 rings (SSSR count). The summed E-state index contributed by atoms with van der Waals surface area (Å²) in [5, 5.41) is 9.12. The summed E-state index contributed by atoms with van der Waals surface area (Å²) in [6, 6.07) is 7.47. The number of fused-ring (bicyclic) bond motifs is 1. The highest BCUT2D eigenvalue weighted by Crippen LogP contribution is 2.38. The largest absolute Gasteiger partial charge is 0.497 e. The van der Waals surface area contributed by atoms with Gasteiger partial charge in [-0.05, 0) is 30.5 Å². The number of amidine groups is 1. The lowest BCUT2D eigenvalue weighted by Crippen LogP contribution is -2.39. The molecule has 0 aromatic heterocycles. The van der Waals surface area contributed by atoms with Gasteiger partial charge in [0.25, 0.3) is 0 Å². The number of hydrogen-bond donors (Lipinski definition) is 1. The van der Waals surface area contributed by atoms with Gasteiger partial charge < -0.3 is 14.7 Å². The first kappa shape index (κ1) is 21.6. The number of benzene rings is 1. The summed E-state index contributed by atoms with van der Waals surface area (Å²) in [6.45, 7) is 0.553. The van der Waals surface area contributed by atoms with Crippen molar-refractivity contribution in [2.24, 2.45) is 4.99 Å². The molecule has 2 aliphatic rings. The molecule has 0 aliphatic carbocycles. The van der Waals surface area contributed by atoms with Crippen LogP contribution < -0.4 is 4.74 Å². The number of rotatable bonds is 8. The van der Waals surface area contributed by atoms with Gasteiger partial charge in [-0.15, -0.1) is 0 Å². The number of nitrogens with zero attached hydrogens (tertiary/aromatic N) is 2. The Bertz CT molecular complexity index is 898. The molecule has 8 nitrogen and oxygen atoms in total. The molecule has 0 radical (unpaired) electrons. The van der Waals surface area contributed by atoms with E-state index in [1.807, 2.05) is 29.2 Å². The molecule has 2 heterocycles. The molecular weight excluding hydrogens is 416 g/mol. The van der Waals surface area contributed by atoms with Crippen molar-refractivity contribution in [3.8, 4) is 5.75 Å². The summed E-state index contributed by atoms with van der Waals surface area (Å²) in [4.78, 5) is 28.9. The predicted octanol–water partition coefficient (Wildman–Crippen LogP) is 1.59. The lowest BCUT2D eigenvalue weighted by atomic mass is 10.1. The van der Waals surface area contributed by atoms with E-state index in [1.165, 1.54) is 11.8 Å². The molecule has 158 valence electrons. The van der Waals surface area contributed by atoms with E-state index in [9.17, 15) is 18.0 Å². The molecule has 2 saturated heterocycles. The number of aliphatic imine (C=N–C) groups is 1. The number of methoxy groups -OCH3 is 1. The van der Waals surface area contributed by atoms with Crippen LogP contribution in [0.25, 0.3) is 0 Å². The minimum Gasteiger partial charge on any atom is -0.497 e. The van der Waals surface area contributed by atoms with Crippen LogP contribution >= 0.6 is 11.8 Å². The average Bonchev–Trinajstić information content (AvgIpc) is 3.11. The van der Waals surface area contributed by atoms with E-state index in [0.29, 0.717) is 18.1 Å². The second-order valence-corrected chi connectivity index (χ2v) is 10.5. The standard InChI is InChI=1S/C19H24N2O6S2/c1-27-14-7-5-13(6-8-14)9-10-21-15-11-29(25,26)12-16(15)28-19(21)20-17(22)3-2-4-18(23)24/h5-8,15-16H,2-4,9-12H2,1H3,(H,23,24)/t15-,16-/m1/s1. The van der Waals surface area contributed by atoms with E-state index in [1.54, 1.807) is 7.11 Å². The first-order valence-corrected chi connectivity index (χ1v) is 12.1. The SMILES string of the molecule is COc1ccc(CCN2C(=NC(=O)CCCC(=O)O)S[C@@H]3CS(=O)(=O)C[C@H]32)cc1. The molecule has 0 spiro atoms. The van der Waals surface area contributed by atoms with Crippen molar-refractivity contribution in [1.82, 2.24) is 4.90 Å². The molecule has 1 aromatic carbocycles. The Morgan fingerprint density at radius 1 is 1.24 bits per heavy atom. The maximum atomic E-state index is 12.2. The molecular formula is C19H24N2O6S2. The van der Waals surface area contributed by atoms with E-state index >= 15 is 0 Å². The molecule has 0 bridgehead atoms. The second kappa shape index (κ2) is 9.17. The zero-order chi connectivity index (χ0) is 21.0. The zero-order valence-corrected chi connectivity index (χ0v) is 17.7. The normalized spacial score (nSPS) is 23.9. The number of hydrogen-bond acceptors (Lipinski definition) is 6. The van der Waals surface area contributed by atoms with Gasteiger partial charge in [0, 0.05) is 24.6 Å². The highest BCUT2D eigenvalue weighted by molar-refractivity contribution is 8.15. The van der Waals surface area contributed by atoms with Crippen LogP contribution in [0, 0.1) is 0 Å². The summed E-state index contributed by atoms with van der Waals surface area (Å²) in [5.74, 6) is -0.387. The van der Waals surface area contributed by atoms with Gasteiger partial charge in [-0.1, -0.05) is 23.9 Å². The number of carbonyl (C=O) groups is 2. The third kappa shape index (κ3) is 5.72. The quantitative estimate of drug-likeness (QED) is 0.648. The van der Waals surface area contributed by atoms with E-state index in [0.717, 1.165) is 11.3 Å². The van der Waals surface area contributed by atoms with Gasteiger partial charge in [-0.3, -0.25) is 9.59 Å². The number of aliphatic carboxylic acids is 1. The Labute approximate surface area is 174 Å². The topological polar surface area (TPSA) is 113 Å². The number of carboxylic acid groups (broad SMARTS) is 1. The van der Waals surface area contributed by atoms with Crippen molar-refractivity contribution in [2.45, 2.75) is 37.0 Å². The lowest BCUT2D eigenvalue weighted by Gasteiger charge is -2.24. The second-order valence-electron chi connectivity index (χ2n) is 7.13. The highest BCUT2D eigenvalue weighted by atomic mass is 32.2. The zero-order valence-electron chi connectivity index (χ0n) is 16.1. The van der Waals surface area contributed by atoms with Gasteiger partial charge in [-0.25, -0.2) is 8.42 Å². The molecule has 0 unspecified atom stereocenters. The Morgan fingerprint density at radius 2 is 1.97 bits per heavy atom. The Morgan fingerprint density at radius 3 is 2.62 bits per heavy atom. The van der Waals surface area contributed by atoms with Crippen molar-refractivity contribution < 1.29 is 27.9 Å². The number of carbonyl (C=O) groups excluding carboxylic acids is 1. The fourth-order valence-corrected chi connectivity index (χ4v) is 7.49. The van der Waals surface area contributed by atoms with Crippen molar-refractivity contribution in [2.75, 3.05) is 25.2 Å². The van der Waals surface area contributed by atoms with Gasteiger partial charge in [0.05, 0.1) is 24.7 Å². The molecule has 10 heteroatoms. The first-order chi connectivity index (χ1) is 13.8. The summed E-state index contributed by atoms with van der Waals surface area (Å²) < 4.78 is 29.3. The van der Waals surface area contributed by atoms with E-state index in [4.69, 9.17) is 9.84 Å². The lowest BCUT2D eigenvalue weighted by molar-refractivity contribution is -0.137. The van der Waals surface area contributed by atoms with E-state index in [2.05, 4.69) is 4.99 Å². The first-order valence-electron chi connectivity index (χ1n) is 9.37. The fraction of sp³-hybridized carbons (Fsp3) is 0.526. The third-order valence-electron chi connectivity index (χ3n) is 4.98. The van der Waals surface area contributed by atoms with Crippen LogP contribution in [0.1, 0.15) is 24.8 Å². The highest BCUT2D eigenvalue weighted by Gasteiger charge is 2.48. The van der Waals surface area contributed by atoms with E-state index in [-0.39, 0.29) is 48.0 Å². The molecule has 2 fully saturated rings. The smallest absolute Gasteiger partial charge is 0.303 e. The van der Waals surface area contributed by atoms with Gasteiger partial charge in [0.1, 0.15) is 5.75 Å². The summed E-state index contributed by atoms with van der Waals surface area (Å²) >= 11 is 1.34. The minimum atomic E-state index is -3.09. The maximum absolute atomic E-state index is 12.2. The Hall–Kier alpha value is -2.07. The van der Waals surface area contributed by atoms with Crippen LogP contribution in [-0.4, -0.2) is 71.9 Å². The van der Waals surface area contributed by atoms with Gasteiger partial charge >= 0.3 is 5.97 Å². The maximum Gasteiger partial charge on any atom is 0.303 e. The van der Waals surface area contributed by atoms with Gasteiger partial charge in [0.15, 0.2) is 15.0 Å². The van der Waals surface area contributed by atoms with Crippen molar-refractivity contribution in [3.63, 3.8) is 0 Å². The van der Waals surface area contributed by atoms with E-state index < -0.39 is 15.8 Å². The molecule has 2 aliphatic heterocycles. The van der Waals surface area contributed by atoms with Crippen LogP contribution in [0.15, 0.2) is 29.3 Å². The van der Waals surface area contributed by atoms with Gasteiger partial charge in [-0.2, -0.15) is 4.99 Å². The van der Waals surface area contributed by atoms with Crippen LogP contribution in [0.4, 0.5) is 0 Å². The average molecular weight is 441 g/mol. The van der Waals surface area contributed by atoms with Crippen molar-refractivity contribution in [1.29, 1.82) is 0 Å². The summed E-state index contributed by atoms with van der Waals surface area (Å²) in [7, 11) is -1.49. The number of ether oxygens (including phenoxy) is 1. The predicted molar refractivity (Wildman–Crippen MR) is 111 cm³/mol. The number of sulfone groups is 1. The third-order valence-corrected chi connectivity index (χ3v) is 8.22. The van der Waals surface area contributed by atoms with Crippen molar-refractivity contribution >= 4 is 38.6 Å². The van der Waals surface area contributed by atoms with Crippen LogP contribution in [0.2, 0.25) is 0 Å². The molecule has 1 N–H and O–H groups in total. The van der Waals surface area contributed by atoms with Crippen LogP contribution in [0.3, 0.4) is 0 Å². The Kier molecular flexibility index (Phi) is 6.84. The number of carboxylic acids is 1. The summed E-state index contributed by atoms with van der Waals surface area (Å²) in [5.41, 5.74) is 1.08. The molecule has 1 aromatic rings. The Balaban J connectivity index is 1.70. The summed E-state index contributed by atoms with van der Waals surface area (Å²) in [6.07, 6.45) is 0.910. The van der Waals surface area contributed by atoms with Gasteiger partial charge in [0.2, 0.25) is 5.91 Å².